The number of sulfonamides is 1. The fourth-order valence-electron chi connectivity index (χ4n) is 3.31. The number of para-hydroxylation sites is 2. The summed E-state index contributed by atoms with van der Waals surface area (Å²) in [6.07, 6.45) is 3.68. The van der Waals surface area contributed by atoms with E-state index in [1.807, 2.05) is 13.0 Å². The van der Waals surface area contributed by atoms with E-state index in [9.17, 15) is 13.2 Å². The van der Waals surface area contributed by atoms with E-state index in [2.05, 4.69) is 5.32 Å². The van der Waals surface area contributed by atoms with Crippen LogP contribution < -0.4 is 10.1 Å². The molecule has 0 radical (unpaired) electrons. The Bertz CT molecular complexity index is 970. The topological polar surface area (TPSA) is 75.7 Å². The quantitative estimate of drug-likeness (QED) is 0.720. The molecular weight excluding hydrogens is 412 g/mol. The van der Waals surface area contributed by atoms with Gasteiger partial charge in [-0.15, -0.1) is 0 Å². The van der Waals surface area contributed by atoms with Gasteiger partial charge in [-0.1, -0.05) is 36.6 Å². The maximum Gasteiger partial charge on any atom is 0.255 e. The van der Waals surface area contributed by atoms with Crippen molar-refractivity contribution >= 4 is 33.2 Å². The van der Waals surface area contributed by atoms with Crippen molar-refractivity contribution in [1.82, 2.24) is 4.31 Å². The van der Waals surface area contributed by atoms with Crippen LogP contribution >= 0.6 is 11.6 Å². The maximum absolute atomic E-state index is 13.1. The fraction of sp³-hybridized carbons (Fsp3) is 0.381. The van der Waals surface area contributed by atoms with Gasteiger partial charge in [-0.2, -0.15) is 4.31 Å². The normalized spacial score (nSPS) is 15.5. The number of nitrogens with zero attached hydrogens (tertiary/aromatic N) is 1. The third-order valence-corrected chi connectivity index (χ3v) is 7.19. The molecule has 1 amide bonds. The second-order valence-electron chi connectivity index (χ2n) is 6.85. The summed E-state index contributed by atoms with van der Waals surface area (Å²) in [6.45, 7) is 3.26. The smallest absolute Gasteiger partial charge is 0.255 e. The second kappa shape index (κ2) is 9.61. The Kier molecular flexibility index (Phi) is 7.16. The van der Waals surface area contributed by atoms with Crippen LogP contribution in [0.2, 0.25) is 5.02 Å². The van der Waals surface area contributed by atoms with Gasteiger partial charge in [0.2, 0.25) is 10.0 Å². The predicted octanol–water partition coefficient (Wildman–Crippen LogP) is 4.56. The highest BCUT2D eigenvalue weighted by molar-refractivity contribution is 7.89. The predicted molar refractivity (Wildman–Crippen MR) is 114 cm³/mol. The Morgan fingerprint density at radius 2 is 1.79 bits per heavy atom. The molecule has 0 aromatic heterocycles. The average molecular weight is 437 g/mol. The number of carbonyl (C=O) groups excluding carboxylic acids is 1. The molecule has 2 aromatic rings. The summed E-state index contributed by atoms with van der Waals surface area (Å²) in [5.41, 5.74) is 0.736. The van der Waals surface area contributed by atoms with Crippen LogP contribution in [0.5, 0.6) is 5.75 Å². The van der Waals surface area contributed by atoms with Crippen LogP contribution in [-0.2, 0) is 10.0 Å². The Balaban J connectivity index is 1.88. The van der Waals surface area contributed by atoms with E-state index in [-0.39, 0.29) is 15.5 Å². The summed E-state index contributed by atoms with van der Waals surface area (Å²) in [5.74, 6) is 0.121. The summed E-state index contributed by atoms with van der Waals surface area (Å²) in [5, 5.41) is 2.90. The van der Waals surface area contributed by atoms with Gasteiger partial charge in [0.1, 0.15) is 10.6 Å². The highest BCUT2D eigenvalue weighted by Crippen LogP contribution is 2.29. The molecule has 8 heteroatoms. The van der Waals surface area contributed by atoms with E-state index in [1.54, 1.807) is 18.2 Å². The minimum Gasteiger partial charge on any atom is -0.492 e. The van der Waals surface area contributed by atoms with Crippen molar-refractivity contribution in [3.63, 3.8) is 0 Å². The summed E-state index contributed by atoms with van der Waals surface area (Å²) in [4.78, 5) is 12.7. The molecule has 1 fully saturated rings. The van der Waals surface area contributed by atoms with Crippen molar-refractivity contribution in [1.29, 1.82) is 0 Å². The lowest BCUT2D eigenvalue weighted by Crippen LogP contribution is -2.32. The molecule has 1 aliphatic heterocycles. The first kappa shape index (κ1) is 21.6. The summed E-state index contributed by atoms with van der Waals surface area (Å²) in [6, 6.07) is 11.4. The van der Waals surface area contributed by atoms with Gasteiger partial charge in [0.25, 0.3) is 5.91 Å². The minimum absolute atomic E-state index is 0.0354. The first-order chi connectivity index (χ1) is 13.9. The molecule has 29 heavy (non-hydrogen) atoms. The van der Waals surface area contributed by atoms with Gasteiger partial charge in [-0.05, 0) is 50.1 Å². The Morgan fingerprint density at radius 1 is 1.10 bits per heavy atom. The molecule has 156 valence electrons. The van der Waals surface area contributed by atoms with Crippen LogP contribution in [-0.4, -0.2) is 38.3 Å². The molecular formula is C21H25ClN2O4S. The van der Waals surface area contributed by atoms with Gasteiger partial charge >= 0.3 is 0 Å². The Hall–Kier alpha value is -2.09. The molecule has 0 bridgehead atoms. The molecule has 0 spiro atoms. The maximum atomic E-state index is 13.1. The lowest BCUT2D eigenvalue weighted by Gasteiger charge is -2.21. The number of anilines is 1. The number of carbonyl (C=O) groups is 1. The van der Waals surface area contributed by atoms with Gasteiger partial charge in [0, 0.05) is 18.7 Å². The largest absolute Gasteiger partial charge is 0.492 e. The van der Waals surface area contributed by atoms with E-state index in [0.717, 1.165) is 25.7 Å². The number of hydrogen-bond acceptors (Lipinski definition) is 4. The van der Waals surface area contributed by atoms with Gasteiger partial charge in [-0.3, -0.25) is 4.79 Å². The summed E-state index contributed by atoms with van der Waals surface area (Å²) in [7, 11) is -3.76. The van der Waals surface area contributed by atoms with E-state index in [4.69, 9.17) is 16.3 Å². The van der Waals surface area contributed by atoms with Crippen molar-refractivity contribution in [2.45, 2.75) is 37.5 Å². The third-order valence-electron chi connectivity index (χ3n) is 4.81. The van der Waals surface area contributed by atoms with E-state index in [0.29, 0.717) is 31.1 Å². The van der Waals surface area contributed by atoms with Crippen molar-refractivity contribution in [2.75, 3.05) is 25.0 Å². The SMILES string of the molecule is CCOc1ccccc1NC(=O)c1ccc(Cl)c(S(=O)(=O)N2CCCCCC2)c1. The van der Waals surface area contributed by atoms with Crippen molar-refractivity contribution < 1.29 is 17.9 Å². The van der Waals surface area contributed by atoms with Crippen LogP contribution in [0.3, 0.4) is 0 Å². The molecule has 3 rings (SSSR count). The fourth-order valence-corrected chi connectivity index (χ4v) is 5.33. The van der Waals surface area contributed by atoms with E-state index in [1.165, 1.54) is 22.5 Å². The Morgan fingerprint density at radius 3 is 2.48 bits per heavy atom. The summed E-state index contributed by atoms with van der Waals surface area (Å²) < 4.78 is 33.2. The second-order valence-corrected chi connectivity index (χ2v) is 9.16. The summed E-state index contributed by atoms with van der Waals surface area (Å²) >= 11 is 6.21. The zero-order valence-corrected chi connectivity index (χ0v) is 17.9. The Labute approximate surface area is 176 Å². The zero-order chi connectivity index (χ0) is 20.9. The number of halogens is 1. The number of nitrogens with one attached hydrogen (secondary N) is 1. The molecule has 0 atom stereocenters. The number of ether oxygens (including phenoxy) is 1. The van der Waals surface area contributed by atoms with Gasteiger partial charge < -0.3 is 10.1 Å². The van der Waals surface area contributed by atoms with Crippen molar-refractivity contribution in [3.8, 4) is 5.75 Å². The molecule has 1 saturated heterocycles. The van der Waals surface area contributed by atoms with Gasteiger partial charge in [-0.25, -0.2) is 8.42 Å². The van der Waals surface area contributed by atoms with E-state index < -0.39 is 15.9 Å². The first-order valence-corrected chi connectivity index (χ1v) is 11.6. The third kappa shape index (κ3) is 5.10. The number of rotatable bonds is 6. The average Bonchev–Trinajstić information content (AvgIpc) is 3.00. The molecule has 0 unspecified atom stereocenters. The van der Waals surface area contributed by atoms with Gasteiger partial charge in [0.15, 0.2) is 0 Å². The van der Waals surface area contributed by atoms with Crippen LogP contribution in [0.1, 0.15) is 43.0 Å². The van der Waals surface area contributed by atoms with Crippen LogP contribution in [0, 0.1) is 0 Å². The molecule has 1 N–H and O–H groups in total. The minimum atomic E-state index is -3.76. The molecule has 1 heterocycles. The monoisotopic (exact) mass is 436 g/mol. The zero-order valence-electron chi connectivity index (χ0n) is 16.4. The first-order valence-electron chi connectivity index (χ1n) is 9.76. The van der Waals surface area contributed by atoms with Crippen LogP contribution in [0.4, 0.5) is 5.69 Å². The molecule has 1 aliphatic rings. The van der Waals surface area contributed by atoms with Crippen LogP contribution in [0.25, 0.3) is 0 Å². The van der Waals surface area contributed by atoms with Crippen molar-refractivity contribution in [2.24, 2.45) is 0 Å². The van der Waals surface area contributed by atoms with Crippen LogP contribution in [0.15, 0.2) is 47.4 Å². The molecule has 0 saturated carbocycles. The lowest BCUT2D eigenvalue weighted by molar-refractivity contribution is 0.102. The number of benzene rings is 2. The number of hydrogen-bond donors (Lipinski definition) is 1. The highest BCUT2D eigenvalue weighted by Gasteiger charge is 2.28. The molecule has 6 nitrogen and oxygen atoms in total. The number of amides is 1. The van der Waals surface area contributed by atoms with Crippen molar-refractivity contribution in [3.05, 3.63) is 53.1 Å². The van der Waals surface area contributed by atoms with Gasteiger partial charge in [0.05, 0.1) is 17.3 Å². The molecule has 0 aliphatic carbocycles. The molecule has 2 aromatic carbocycles. The lowest BCUT2D eigenvalue weighted by atomic mass is 10.2. The highest BCUT2D eigenvalue weighted by atomic mass is 35.5. The standard InChI is InChI=1S/C21H25ClN2O4S/c1-2-28-19-10-6-5-9-18(19)23-21(25)16-11-12-17(22)20(15-16)29(26,27)24-13-7-3-4-8-14-24/h5-6,9-12,15H,2-4,7-8,13-14H2,1H3,(H,23,25). The van der Waals surface area contributed by atoms with E-state index >= 15 is 0 Å².